The van der Waals surface area contributed by atoms with Crippen molar-refractivity contribution in [3.8, 4) is 0 Å². The number of allylic oxidation sites excluding steroid dienone is 2. The molecule has 2 N–H and O–H groups in total. The molecule has 0 aliphatic carbocycles. The van der Waals surface area contributed by atoms with Gasteiger partial charge >= 0.3 is 27.7 Å². The number of aliphatic hydroxyl groups is 2. The van der Waals surface area contributed by atoms with Crippen LogP contribution in [0.1, 0.15) is 86.0 Å². The summed E-state index contributed by atoms with van der Waals surface area (Å²) >= 11 is 2.27. The Hall–Kier alpha value is 0.531. The van der Waals surface area contributed by atoms with E-state index in [1.807, 2.05) is 0 Å². The van der Waals surface area contributed by atoms with Crippen LogP contribution < -0.4 is 0 Å². The first-order valence-corrected chi connectivity index (χ1v) is 16.7. The summed E-state index contributed by atoms with van der Waals surface area (Å²) in [5.41, 5.74) is 4.98. The predicted molar refractivity (Wildman–Crippen MR) is 145 cm³/mol. The molecule has 0 aliphatic heterocycles. The smallest absolute Gasteiger partial charge is 0.467 e. The molecule has 188 valence electrons. The van der Waals surface area contributed by atoms with E-state index in [0.717, 1.165) is 17.3 Å². The molecule has 0 atom stereocenters. The van der Waals surface area contributed by atoms with Gasteiger partial charge < -0.3 is 38.4 Å². The number of rotatable bonds is 13. The Balaban J connectivity index is -0.000000372. The predicted octanol–water partition coefficient (Wildman–Crippen LogP) is 6.84. The average Bonchev–Trinajstić information content (AvgIpc) is 2.60. The number of unbranched alkanes of at least 4 members (excludes halogenated alkanes) is 3. The molecule has 0 aromatic carbocycles. The standard InChI is InChI=1S/C19H33IO2Si.2C3H8O.Ti/c1-5-6-7-8-12-18(17-23(2,3)4)13-9-10-16-22-19(21)14-11-15-20;2*1-3(2)4;/h13H,5-8,10-12,14-16H2,1-4H3;2*3-4H,1-2H3;/q-2;;;+2. The summed E-state index contributed by atoms with van der Waals surface area (Å²) in [6.07, 6.45) is 13.3. The maximum Gasteiger partial charge on any atom is 2.00 e. The van der Waals surface area contributed by atoms with E-state index in [2.05, 4.69) is 67.0 Å². The number of ether oxygens (including phenoxy) is 1. The Morgan fingerprint density at radius 1 is 1.00 bits per heavy atom. The van der Waals surface area contributed by atoms with E-state index in [4.69, 9.17) is 14.9 Å². The van der Waals surface area contributed by atoms with E-state index in [9.17, 15) is 4.79 Å². The monoisotopic (exact) mass is 616 g/mol. The number of esters is 1. The van der Waals surface area contributed by atoms with Crippen molar-refractivity contribution in [1.29, 1.82) is 0 Å². The first-order chi connectivity index (χ1) is 14.4. The summed E-state index contributed by atoms with van der Waals surface area (Å²) in [5, 5.41) is 16.1. The van der Waals surface area contributed by atoms with E-state index in [-0.39, 0.29) is 39.9 Å². The Labute approximate surface area is 229 Å². The first kappa shape index (κ1) is 39.7. The molecular weight excluding hydrogens is 567 g/mol. The summed E-state index contributed by atoms with van der Waals surface area (Å²) in [5.74, 6) is -0.0903. The van der Waals surface area contributed by atoms with Gasteiger partial charge in [0, 0.05) is 23.1 Å². The van der Waals surface area contributed by atoms with Crippen LogP contribution in [-0.2, 0) is 31.2 Å². The van der Waals surface area contributed by atoms with Crippen molar-refractivity contribution in [3.63, 3.8) is 0 Å². The third kappa shape index (κ3) is 48.1. The molecule has 0 saturated carbocycles. The van der Waals surface area contributed by atoms with E-state index >= 15 is 0 Å². The topological polar surface area (TPSA) is 66.8 Å². The summed E-state index contributed by atoms with van der Waals surface area (Å²) in [4.78, 5) is 11.4. The van der Waals surface area contributed by atoms with Gasteiger partial charge in [0.15, 0.2) is 0 Å². The zero-order valence-electron chi connectivity index (χ0n) is 21.9. The molecule has 0 aromatic heterocycles. The van der Waals surface area contributed by atoms with Crippen LogP contribution in [0, 0.1) is 11.8 Å². The second-order valence-corrected chi connectivity index (χ2v) is 14.8. The summed E-state index contributed by atoms with van der Waals surface area (Å²) in [7, 11) is -1.33. The van der Waals surface area contributed by atoms with Crippen molar-refractivity contribution in [2.75, 3.05) is 11.0 Å². The van der Waals surface area contributed by atoms with E-state index < -0.39 is 8.07 Å². The number of aliphatic hydroxyl groups excluding tert-OH is 2. The quantitative estimate of drug-likeness (QED) is 0.0453. The Morgan fingerprint density at radius 2 is 1.53 bits per heavy atom. The maximum absolute atomic E-state index is 11.4. The molecule has 0 bridgehead atoms. The van der Waals surface area contributed by atoms with E-state index in [1.54, 1.807) is 27.7 Å². The van der Waals surface area contributed by atoms with Crippen molar-refractivity contribution in [2.45, 2.75) is 118 Å². The van der Waals surface area contributed by atoms with Gasteiger partial charge in [0.1, 0.15) is 0 Å². The first-order valence-electron chi connectivity index (χ1n) is 11.6. The van der Waals surface area contributed by atoms with Crippen LogP contribution in [0.15, 0.2) is 11.6 Å². The molecule has 0 heterocycles. The van der Waals surface area contributed by atoms with Crippen LogP contribution in [0.25, 0.3) is 0 Å². The molecule has 0 aliphatic rings. The largest absolute Gasteiger partial charge is 2.00 e. The van der Waals surface area contributed by atoms with Gasteiger partial charge in [-0.2, -0.15) is 0 Å². The molecule has 0 saturated heterocycles. The van der Waals surface area contributed by atoms with Gasteiger partial charge in [0.05, 0.1) is 6.61 Å². The van der Waals surface area contributed by atoms with Gasteiger partial charge in [0.2, 0.25) is 0 Å². The average molecular weight is 617 g/mol. The number of carbonyl (C=O) groups excluding carboxylic acids is 1. The van der Waals surface area contributed by atoms with Crippen molar-refractivity contribution < 1.29 is 41.5 Å². The fourth-order valence-corrected chi connectivity index (χ4v) is 3.64. The molecule has 0 amide bonds. The molecule has 0 radical (unpaired) electrons. The minimum atomic E-state index is -1.33. The van der Waals surface area contributed by atoms with Gasteiger partial charge in [-0.25, -0.2) is 0 Å². The van der Waals surface area contributed by atoms with Crippen LogP contribution in [0.4, 0.5) is 0 Å². The van der Waals surface area contributed by atoms with Crippen molar-refractivity contribution in [1.82, 2.24) is 0 Å². The fraction of sp³-hybridized carbons (Fsp3) is 0.800. The second kappa shape index (κ2) is 27.8. The third-order valence-electron chi connectivity index (χ3n) is 3.14. The minimum Gasteiger partial charge on any atom is -0.467 e. The number of hydrogen-bond donors (Lipinski definition) is 2. The maximum atomic E-state index is 11.4. The number of halogens is 1. The van der Waals surface area contributed by atoms with Crippen molar-refractivity contribution >= 4 is 36.6 Å². The summed E-state index contributed by atoms with van der Waals surface area (Å²) < 4.78 is 6.19. The Kier molecular flexibility index (Phi) is 34.5. The van der Waals surface area contributed by atoms with E-state index in [0.29, 0.717) is 19.4 Å². The molecule has 0 unspecified atom stereocenters. The fourth-order valence-electron chi connectivity index (χ4n) is 2.10. The number of hydrogen-bond acceptors (Lipinski definition) is 4. The van der Waals surface area contributed by atoms with Crippen LogP contribution in [0.5, 0.6) is 0 Å². The Bertz CT molecular complexity index is 450. The molecule has 0 rings (SSSR count). The second-order valence-electron chi connectivity index (χ2n) is 9.01. The minimum absolute atomic E-state index is 0. The van der Waals surface area contributed by atoms with Crippen LogP contribution in [0.2, 0.25) is 19.6 Å². The Morgan fingerprint density at radius 3 is 1.97 bits per heavy atom. The summed E-state index contributed by atoms with van der Waals surface area (Å²) in [6.45, 7) is 16.5. The van der Waals surface area contributed by atoms with Gasteiger partial charge in [-0.15, -0.1) is 6.42 Å². The van der Waals surface area contributed by atoms with Gasteiger partial charge in [0.25, 0.3) is 0 Å². The van der Waals surface area contributed by atoms with Crippen LogP contribution >= 0.6 is 22.6 Å². The molecular formula is C25H49IO4SiTi. The molecule has 0 aromatic rings. The summed E-state index contributed by atoms with van der Waals surface area (Å²) in [6, 6.07) is 0. The van der Waals surface area contributed by atoms with Gasteiger partial charge in [-0.3, -0.25) is 4.79 Å². The zero-order chi connectivity index (χ0) is 24.7. The molecule has 0 spiro atoms. The molecule has 32 heavy (non-hydrogen) atoms. The van der Waals surface area contributed by atoms with Crippen LogP contribution in [-0.4, -0.2) is 47.5 Å². The molecule has 4 nitrogen and oxygen atoms in total. The normalized spacial score (nSPS) is 11.5. The molecule has 0 fully saturated rings. The third-order valence-corrected chi connectivity index (χ3v) is 4.97. The van der Waals surface area contributed by atoms with E-state index in [1.165, 1.54) is 31.3 Å². The molecule has 7 heteroatoms. The number of alkyl halides is 1. The van der Waals surface area contributed by atoms with Crippen LogP contribution in [0.3, 0.4) is 0 Å². The van der Waals surface area contributed by atoms with Gasteiger partial charge in [-0.05, 0) is 42.2 Å². The zero-order valence-corrected chi connectivity index (χ0v) is 26.6. The van der Waals surface area contributed by atoms with Gasteiger partial charge in [-0.1, -0.05) is 81.3 Å². The van der Waals surface area contributed by atoms with Crippen molar-refractivity contribution in [2.24, 2.45) is 0 Å². The number of carbonyl (C=O) groups is 1. The van der Waals surface area contributed by atoms with Crippen molar-refractivity contribution in [3.05, 3.63) is 23.4 Å². The SMILES string of the molecule is CC(C)O.CC(C)O.CCCCCCC(=[C-][Si](C)(C)C)C=[C-]CCOC(=O)CCCI.[Ti+2].